The minimum absolute atomic E-state index is 0.0707. The summed E-state index contributed by atoms with van der Waals surface area (Å²) in [6.07, 6.45) is 6.95. The maximum atomic E-state index is 11.3. The minimum Gasteiger partial charge on any atom is -0.348 e. The molecule has 16 heavy (non-hydrogen) atoms. The molecule has 0 saturated heterocycles. The summed E-state index contributed by atoms with van der Waals surface area (Å²) in [7, 11) is 0. The number of hydrogen-bond acceptors (Lipinski definition) is 1. The molecule has 1 N–H and O–H groups in total. The van der Waals surface area contributed by atoms with E-state index in [0.717, 1.165) is 5.56 Å². The zero-order valence-corrected chi connectivity index (χ0v) is 9.73. The molecule has 0 radical (unpaired) electrons. The predicted octanol–water partition coefficient (Wildman–Crippen LogP) is 2.74. The van der Waals surface area contributed by atoms with Crippen molar-refractivity contribution in [3.05, 3.63) is 59.7 Å². The number of carbonyl (C=O) groups is 1. The maximum absolute atomic E-state index is 11.3. The van der Waals surface area contributed by atoms with Crippen LogP contribution >= 0.6 is 0 Å². The highest BCUT2D eigenvalue weighted by Crippen LogP contribution is 2.02. The summed E-state index contributed by atoms with van der Waals surface area (Å²) in [5, 5.41) is 2.82. The molecule has 0 aliphatic rings. The molecule has 1 amide bonds. The summed E-state index contributed by atoms with van der Waals surface area (Å²) in [4.78, 5) is 11.3. The molecule has 0 aliphatic heterocycles. The van der Waals surface area contributed by atoms with Gasteiger partial charge in [0, 0.05) is 12.6 Å². The number of hydrogen-bond donors (Lipinski definition) is 1. The molecule has 0 bridgehead atoms. The van der Waals surface area contributed by atoms with Gasteiger partial charge in [-0.3, -0.25) is 4.79 Å². The van der Waals surface area contributed by atoms with Crippen LogP contribution in [0.2, 0.25) is 0 Å². The van der Waals surface area contributed by atoms with Crippen LogP contribution in [-0.2, 0) is 11.3 Å². The first-order valence-electron chi connectivity index (χ1n) is 5.35. The second-order valence-corrected chi connectivity index (χ2v) is 3.59. The van der Waals surface area contributed by atoms with Gasteiger partial charge in [0.2, 0.25) is 5.91 Å². The van der Waals surface area contributed by atoms with Crippen LogP contribution in [0.1, 0.15) is 18.1 Å². The fourth-order valence-electron chi connectivity index (χ4n) is 1.21. The maximum Gasteiger partial charge on any atom is 0.244 e. The van der Waals surface area contributed by atoms with Gasteiger partial charge in [-0.2, -0.15) is 0 Å². The third kappa shape index (κ3) is 4.60. The van der Waals surface area contributed by atoms with Crippen molar-refractivity contribution < 1.29 is 4.79 Å². The van der Waals surface area contributed by atoms with E-state index in [1.54, 1.807) is 6.08 Å². The lowest BCUT2D eigenvalue weighted by Crippen LogP contribution is -2.20. The van der Waals surface area contributed by atoms with Crippen LogP contribution in [0.4, 0.5) is 0 Å². The van der Waals surface area contributed by atoms with Crippen molar-refractivity contribution in [1.82, 2.24) is 5.32 Å². The summed E-state index contributed by atoms with van der Waals surface area (Å²) in [6.45, 7) is 4.52. The Morgan fingerprint density at radius 1 is 1.25 bits per heavy atom. The van der Waals surface area contributed by atoms with Gasteiger partial charge < -0.3 is 5.32 Å². The number of aryl methyl sites for hydroxylation is 1. The number of nitrogens with one attached hydrogen (secondary N) is 1. The Kier molecular flexibility index (Phi) is 5.06. The van der Waals surface area contributed by atoms with E-state index in [-0.39, 0.29) is 5.91 Å². The second kappa shape index (κ2) is 6.62. The Morgan fingerprint density at radius 2 is 1.94 bits per heavy atom. The zero-order valence-electron chi connectivity index (χ0n) is 9.73. The molecule has 1 aromatic carbocycles. The van der Waals surface area contributed by atoms with E-state index >= 15 is 0 Å². The predicted molar refractivity (Wildman–Crippen MR) is 67.0 cm³/mol. The smallest absolute Gasteiger partial charge is 0.244 e. The average molecular weight is 215 g/mol. The summed E-state index contributed by atoms with van der Waals surface area (Å²) < 4.78 is 0. The van der Waals surface area contributed by atoms with Crippen LogP contribution in [0.3, 0.4) is 0 Å². The molecule has 2 heteroatoms. The first kappa shape index (κ1) is 12.2. The van der Waals surface area contributed by atoms with E-state index < -0.39 is 0 Å². The van der Waals surface area contributed by atoms with Crippen molar-refractivity contribution in [1.29, 1.82) is 0 Å². The molecule has 1 aromatic rings. The quantitative estimate of drug-likeness (QED) is 0.607. The van der Waals surface area contributed by atoms with Gasteiger partial charge in [0.1, 0.15) is 0 Å². The van der Waals surface area contributed by atoms with Crippen LogP contribution in [0.15, 0.2) is 48.6 Å². The van der Waals surface area contributed by atoms with E-state index in [2.05, 4.69) is 5.32 Å². The average Bonchev–Trinajstić information content (AvgIpc) is 2.29. The number of benzene rings is 1. The highest BCUT2D eigenvalue weighted by Gasteiger charge is 1.95. The molecule has 0 atom stereocenters. The molecule has 2 nitrogen and oxygen atoms in total. The Hall–Kier alpha value is -1.83. The molecular weight excluding hydrogens is 198 g/mol. The molecule has 0 aromatic heterocycles. The van der Waals surface area contributed by atoms with Gasteiger partial charge in [-0.05, 0) is 19.4 Å². The van der Waals surface area contributed by atoms with Gasteiger partial charge in [-0.15, -0.1) is 0 Å². The van der Waals surface area contributed by atoms with Gasteiger partial charge in [0.15, 0.2) is 0 Å². The molecule has 0 spiro atoms. The van der Waals surface area contributed by atoms with Crippen molar-refractivity contribution in [3.8, 4) is 0 Å². The summed E-state index contributed by atoms with van der Waals surface area (Å²) in [5.41, 5.74) is 2.33. The number of rotatable bonds is 4. The molecule has 0 saturated carbocycles. The monoisotopic (exact) mass is 215 g/mol. The van der Waals surface area contributed by atoms with Gasteiger partial charge in [0.05, 0.1) is 0 Å². The summed E-state index contributed by atoms with van der Waals surface area (Å²) in [6, 6.07) is 8.12. The van der Waals surface area contributed by atoms with Crippen molar-refractivity contribution in [2.24, 2.45) is 0 Å². The Bertz CT molecular complexity index is 388. The first-order chi connectivity index (χ1) is 7.72. The third-order valence-corrected chi connectivity index (χ3v) is 2.14. The van der Waals surface area contributed by atoms with Crippen LogP contribution in [0.5, 0.6) is 0 Å². The standard InChI is InChI=1S/C14H17NO/c1-3-4-5-6-14(16)15-11-13-9-7-12(2)8-10-13/h3-10H,11H2,1-2H3,(H,15,16). The largest absolute Gasteiger partial charge is 0.348 e. The van der Waals surface area contributed by atoms with E-state index in [0.29, 0.717) is 6.54 Å². The first-order valence-corrected chi connectivity index (χ1v) is 5.35. The Morgan fingerprint density at radius 3 is 2.56 bits per heavy atom. The Balaban J connectivity index is 2.40. The second-order valence-electron chi connectivity index (χ2n) is 3.59. The normalized spacial score (nSPS) is 11.1. The molecule has 1 rings (SSSR count). The minimum atomic E-state index is -0.0707. The van der Waals surface area contributed by atoms with Crippen molar-refractivity contribution >= 4 is 5.91 Å². The van der Waals surface area contributed by atoms with Crippen LogP contribution in [-0.4, -0.2) is 5.91 Å². The van der Waals surface area contributed by atoms with E-state index in [1.165, 1.54) is 11.6 Å². The lowest BCUT2D eigenvalue weighted by atomic mass is 10.1. The number of amides is 1. The van der Waals surface area contributed by atoms with Gasteiger partial charge in [-0.1, -0.05) is 48.1 Å². The third-order valence-electron chi connectivity index (χ3n) is 2.14. The zero-order chi connectivity index (χ0) is 11.8. The topological polar surface area (TPSA) is 29.1 Å². The molecule has 0 fully saturated rings. The number of allylic oxidation sites excluding steroid dienone is 3. The fraction of sp³-hybridized carbons (Fsp3) is 0.214. The number of carbonyl (C=O) groups excluding carboxylic acids is 1. The summed E-state index contributed by atoms with van der Waals surface area (Å²) in [5.74, 6) is -0.0707. The van der Waals surface area contributed by atoms with Crippen molar-refractivity contribution in [2.45, 2.75) is 20.4 Å². The van der Waals surface area contributed by atoms with Crippen molar-refractivity contribution in [2.75, 3.05) is 0 Å². The molecular formula is C14H17NO. The highest BCUT2D eigenvalue weighted by atomic mass is 16.1. The van der Waals surface area contributed by atoms with Gasteiger partial charge >= 0.3 is 0 Å². The van der Waals surface area contributed by atoms with E-state index in [1.807, 2.05) is 50.3 Å². The molecule has 0 heterocycles. The SMILES string of the molecule is CC=CC=CC(=O)NCc1ccc(C)cc1. The highest BCUT2D eigenvalue weighted by molar-refractivity contribution is 5.87. The lowest BCUT2D eigenvalue weighted by Gasteiger charge is -2.02. The lowest BCUT2D eigenvalue weighted by molar-refractivity contribution is -0.116. The van der Waals surface area contributed by atoms with Gasteiger partial charge in [0.25, 0.3) is 0 Å². The van der Waals surface area contributed by atoms with Crippen LogP contribution < -0.4 is 5.32 Å². The summed E-state index contributed by atoms with van der Waals surface area (Å²) >= 11 is 0. The van der Waals surface area contributed by atoms with Crippen LogP contribution in [0.25, 0.3) is 0 Å². The fourth-order valence-corrected chi connectivity index (χ4v) is 1.21. The molecule has 0 unspecified atom stereocenters. The van der Waals surface area contributed by atoms with E-state index in [4.69, 9.17) is 0 Å². The molecule has 84 valence electrons. The Labute approximate surface area is 96.7 Å². The van der Waals surface area contributed by atoms with Crippen molar-refractivity contribution in [3.63, 3.8) is 0 Å². The van der Waals surface area contributed by atoms with Gasteiger partial charge in [-0.25, -0.2) is 0 Å². The van der Waals surface area contributed by atoms with E-state index in [9.17, 15) is 4.79 Å². The molecule has 0 aliphatic carbocycles. The van der Waals surface area contributed by atoms with Crippen LogP contribution in [0, 0.1) is 6.92 Å².